The molecule has 0 unspecified atom stereocenters. The van der Waals surface area contributed by atoms with Crippen molar-refractivity contribution in [3.63, 3.8) is 0 Å². The number of hydrogen-bond acceptors (Lipinski definition) is 2. The van der Waals surface area contributed by atoms with Crippen molar-refractivity contribution in [2.75, 3.05) is 5.73 Å². The normalized spacial score (nSPS) is 11.5. The summed E-state index contributed by atoms with van der Waals surface area (Å²) in [6, 6.07) is 37.0. The van der Waals surface area contributed by atoms with Crippen molar-refractivity contribution in [1.82, 2.24) is 0 Å². The zero-order valence-electron chi connectivity index (χ0n) is 17.7. The Morgan fingerprint density at radius 2 is 1.44 bits per heavy atom. The average molecular weight is 430 g/mol. The Kier molecular flexibility index (Phi) is 4.66. The molecule has 1 heterocycles. The van der Waals surface area contributed by atoms with Crippen molar-refractivity contribution in [2.45, 2.75) is 12.8 Å². The molecule has 0 aliphatic rings. The van der Waals surface area contributed by atoms with Gasteiger partial charge in [0.1, 0.15) is 0 Å². The molecule has 6 rings (SSSR count). The van der Waals surface area contributed by atoms with Crippen LogP contribution in [-0.4, -0.2) is 0 Å². The van der Waals surface area contributed by atoms with Crippen molar-refractivity contribution in [3.8, 4) is 11.1 Å². The highest BCUT2D eigenvalue weighted by Gasteiger charge is 2.12. The maximum absolute atomic E-state index is 6.62. The first kappa shape index (κ1) is 19.1. The molecule has 0 saturated carbocycles. The summed E-state index contributed by atoms with van der Waals surface area (Å²) < 4.78 is 2.68. The van der Waals surface area contributed by atoms with Crippen molar-refractivity contribution in [2.24, 2.45) is 0 Å². The lowest BCUT2D eigenvalue weighted by molar-refractivity contribution is 0.965. The zero-order chi connectivity index (χ0) is 21.5. The topological polar surface area (TPSA) is 26.0 Å². The van der Waals surface area contributed by atoms with E-state index in [-0.39, 0.29) is 0 Å². The van der Waals surface area contributed by atoms with E-state index in [9.17, 15) is 0 Å². The van der Waals surface area contributed by atoms with E-state index >= 15 is 0 Å². The van der Waals surface area contributed by atoms with Gasteiger partial charge in [-0.1, -0.05) is 91.0 Å². The van der Waals surface area contributed by atoms with Gasteiger partial charge in [-0.25, -0.2) is 0 Å². The molecule has 0 spiro atoms. The molecular weight excluding hydrogens is 406 g/mol. The summed E-state index contributed by atoms with van der Waals surface area (Å²) in [4.78, 5) is 0. The highest BCUT2D eigenvalue weighted by atomic mass is 32.1. The second-order valence-electron chi connectivity index (χ2n) is 8.34. The van der Waals surface area contributed by atoms with Gasteiger partial charge in [0.2, 0.25) is 0 Å². The van der Waals surface area contributed by atoms with Gasteiger partial charge in [-0.2, -0.15) is 0 Å². The van der Waals surface area contributed by atoms with Gasteiger partial charge in [0.25, 0.3) is 0 Å². The van der Waals surface area contributed by atoms with Crippen LogP contribution in [0.1, 0.15) is 11.1 Å². The number of hydrogen-bond donors (Lipinski definition) is 1. The van der Waals surface area contributed by atoms with Crippen LogP contribution in [0, 0.1) is 0 Å². The van der Waals surface area contributed by atoms with Crippen molar-refractivity contribution in [1.29, 1.82) is 0 Å². The molecule has 5 aromatic carbocycles. The van der Waals surface area contributed by atoms with Crippen LogP contribution in [0.5, 0.6) is 0 Å². The Morgan fingerprint density at radius 3 is 2.34 bits per heavy atom. The van der Waals surface area contributed by atoms with Crippen LogP contribution in [-0.2, 0) is 12.8 Å². The van der Waals surface area contributed by atoms with Gasteiger partial charge in [0.15, 0.2) is 0 Å². The number of fused-ring (bicyclic) bond motifs is 4. The summed E-state index contributed by atoms with van der Waals surface area (Å²) in [7, 11) is 0. The third kappa shape index (κ3) is 3.24. The first-order valence-corrected chi connectivity index (χ1v) is 11.9. The van der Waals surface area contributed by atoms with E-state index in [4.69, 9.17) is 5.73 Å². The van der Waals surface area contributed by atoms with Crippen LogP contribution < -0.4 is 5.73 Å². The fourth-order valence-corrected chi connectivity index (χ4v) is 5.92. The highest BCUT2D eigenvalue weighted by molar-refractivity contribution is 7.26. The van der Waals surface area contributed by atoms with Gasteiger partial charge < -0.3 is 5.73 Å². The van der Waals surface area contributed by atoms with Crippen molar-refractivity contribution in [3.05, 3.63) is 114 Å². The van der Waals surface area contributed by atoms with Gasteiger partial charge in [0.05, 0.1) is 0 Å². The molecule has 0 fully saturated rings. The van der Waals surface area contributed by atoms with Crippen LogP contribution in [0.2, 0.25) is 0 Å². The predicted octanol–water partition coefficient (Wildman–Crippen LogP) is 8.24. The molecule has 0 radical (unpaired) electrons. The monoisotopic (exact) mass is 429 g/mol. The van der Waals surface area contributed by atoms with Crippen LogP contribution >= 0.6 is 11.3 Å². The smallest absolute Gasteiger partial charge is 0.0433 e. The summed E-state index contributed by atoms with van der Waals surface area (Å²) in [5.74, 6) is 0. The fourth-order valence-electron chi connectivity index (χ4n) is 4.68. The molecule has 1 nitrogen and oxygen atoms in total. The molecule has 0 aliphatic carbocycles. The van der Waals surface area contributed by atoms with E-state index < -0.39 is 0 Å². The molecule has 2 heteroatoms. The summed E-state index contributed by atoms with van der Waals surface area (Å²) in [6.07, 6.45) is 1.96. The van der Waals surface area contributed by atoms with E-state index in [0.717, 1.165) is 23.9 Å². The van der Waals surface area contributed by atoms with Gasteiger partial charge in [-0.15, -0.1) is 11.3 Å². The minimum atomic E-state index is 0.907. The molecule has 0 bridgehead atoms. The summed E-state index contributed by atoms with van der Waals surface area (Å²) in [5, 5.41) is 5.01. The minimum Gasteiger partial charge on any atom is -0.398 e. The van der Waals surface area contributed by atoms with Gasteiger partial charge in [0, 0.05) is 31.2 Å². The quantitative estimate of drug-likeness (QED) is 0.281. The number of anilines is 1. The Labute approximate surface area is 191 Å². The summed E-state index contributed by atoms with van der Waals surface area (Å²) >= 11 is 1.87. The van der Waals surface area contributed by atoms with Crippen LogP contribution in [0.4, 0.5) is 5.69 Å². The lowest BCUT2D eigenvalue weighted by Gasteiger charge is -2.11. The third-order valence-corrected chi connectivity index (χ3v) is 7.61. The summed E-state index contributed by atoms with van der Waals surface area (Å²) in [6.45, 7) is 0. The van der Waals surface area contributed by atoms with E-state index in [1.807, 2.05) is 11.3 Å². The molecule has 1 aromatic heterocycles. The zero-order valence-corrected chi connectivity index (χ0v) is 18.5. The maximum atomic E-state index is 6.62. The Morgan fingerprint density at radius 1 is 0.625 bits per heavy atom. The number of benzene rings is 5. The third-order valence-electron chi connectivity index (χ3n) is 6.39. The van der Waals surface area contributed by atoms with E-state index in [1.165, 1.54) is 47.8 Å². The molecule has 6 aromatic rings. The van der Waals surface area contributed by atoms with E-state index in [2.05, 4.69) is 103 Å². The number of thiophene rings is 1. The predicted molar refractivity (Wildman–Crippen MR) is 141 cm³/mol. The molecule has 154 valence electrons. The highest BCUT2D eigenvalue weighted by Crippen LogP contribution is 2.40. The van der Waals surface area contributed by atoms with E-state index in [0.29, 0.717) is 0 Å². The Hall–Kier alpha value is -3.62. The molecular formula is C30H23NS. The van der Waals surface area contributed by atoms with Crippen LogP contribution in [0.15, 0.2) is 103 Å². The molecule has 32 heavy (non-hydrogen) atoms. The van der Waals surface area contributed by atoms with Crippen molar-refractivity contribution < 1.29 is 0 Å². The minimum absolute atomic E-state index is 0.907. The second kappa shape index (κ2) is 7.81. The average Bonchev–Trinajstić information content (AvgIpc) is 3.23. The van der Waals surface area contributed by atoms with E-state index in [1.54, 1.807) is 0 Å². The first-order valence-electron chi connectivity index (χ1n) is 11.0. The Bertz CT molecular complexity index is 1580. The number of rotatable bonds is 4. The van der Waals surface area contributed by atoms with Gasteiger partial charge in [-0.05, 0) is 52.6 Å². The largest absolute Gasteiger partial charge is 0.398 e. The SMILES string of the molecule is Nc1c(CCc2ccccc2)ccc2cc(-c3cccc4c3sc3ccccc34)ccc12. The Balaban J connectivity index is 1.40. The fraction of sp³-hybridized carbons (Fsp3) is 0.0667. The van der Waals surface area contributed by atoms with Gasteiger partial charge in [-0.3, -0.25) is 0 Å². The molecule has 0 atom stereocenters. The van der Waals surface area contributed by atoms with Crippen molar-refractivity contribution >= 4 is 48.0 Å². The number of nitrogens with two attached hydrogens (primary N) is 1. The summed E-state index contributed by atoms with van der Waals surface area (Å²) in [5.41, 5.74) is 12.6. The first-order chi connectivity index (χ1) is 15.8. The molecule has 0 aliphatic heterocycles. The van der Waals surface area contributed by atoms with Crippen LogP contribution in [0.3, 0.4) is 0 Å². The second-order valence-corrected chi connectivity index (χ2v) is 9.39. The maximum Gasteiger partial charge on any atom is 0.0433 e. The molecule has 0 saturated heterocycles. The van der Waals surface area contributed by atoms with Gasteiger partial charge >= 0.3 is 0 Å². The lowest BCUT2D eigenvalue weighted by atomic mass is 9.95. The lowest BCUT2D eigenvalue weighted by Crippen LogP contribution is -1.98. The van der Waals surface area contributed by atoms with Crippen LogP contribution in [0.25, 0.3) is 42.1 Å². The molecule has 0 amide bonds. The molecule has 2 N–H and O–H groups in total. The number of aryl methyl sites for hydroxylation is 2. The number of nitrogen functional groups attached to an aromatic ring is 1. The standard InChI is InChI=1S/C30H23NS/c31-29-21(14-13-20-7-2-1-3-8-20)15-16-22-19-23(17-18-24(22)29)25-10-6-11-27-26-9-4-5-12-28(26)32-30(25)27/h1-12,15-19H,13-14,31H2.